The van der Waals surface area contributed by atoms with Crippen LogP contribution in [-0.4, -0.2) is 38.6 Å². The summed E-state index contributed by atoms with van der Waals surface area (Å²) in [5.41, 5.74) is 0. The Kier molecular flexibility index (Phi) is 4.03. The van der Waals surface area contributed by atoms with Crippen molar-refractivity contribution in [1.29, 1.82) is 0 Å². The summed E-state index contributed by atoms with van der Waals surface area (Å²) in [6, 6.07) is 0. The highest BCUT2D eigenvalue weighted by atomic mass is 32.2. The molecule has 1 aliphatic rings. The van der Waals surface area contributed by atoms with Crippen LogP contribution in [0.3, 0.4) is 0 Å². The van der Waals surface area contributed by atoms with Gasteiger partial charge in [-0.15, -0.1) is 0 Å². The number of hydrogen-bond acceptors (Lipinski definition) is 3. The topological polar surface area (TPSA) is 66.5 Å². The molecular formula is C8H16N2O3S. The molecule has 1 N–H and O–H groups in total. The Morgan fingerprint density at radius 2 is 2.00 bits per heavy atom. The Morgan fingerprint density at radius 1 is 1.43 bits per heavy atom. The number of hydrogen-bond donors (Lipinski definition) is 1. The summed E-state index contributed by atoms with van der Waals surface area (Å²) in [6.07, 6.45) is 2.18. The Hall–Kier alpha value is -0.460. The van der Waals surface area contributed by atoms with Crippen molar-refractivity contribution in [3.63, 3.8) is 0 Å². The molecule has 1 rings (SSSR count). The molecule has 1 fully saturated rings. The van der Waals surface area contributed by atoms with Gasteiger partial charge in [0.15, 0.2) is 0 Å². The molecule has 0 bridgehead atoms. The lowest BCUT2D eigenvalue weighted by Gasteiger charge is -2.28. The van der Waals surface area contributed by atoms with Gasteiger partial charge in [-0.2, -0.15) is 12.7 Å². The summed E-state index contributed by atoms with van der Waals surface area (Å²) in [5.74, 6) is 0.0306. The van der Waals surface area contributed by atoms with E-state index in [0.717, 1.165) is 6.29 Å². The summed E-state index contributed by atoms with van der Waals surface area (Å²) in [7, 11) is -3.30. The minimum absolute atomic E-state index is 0.0306. The number of nitrogens with one attached hydrogen (secondary N) is 1. The van der Waals surface area contributed by atoms with E-state index in [1.165, 1.54) is 4.31 Å². The van der Waals surface area contributed by atoms with E-state index in [4.69, 9.17) is 0 Å². The smallest absolute Gasteiger partial charge is 0.279 e. The Balaban J connectivity index is 2.53. The van der Waals surface area contributed by atoms with E-state index in [-0.39, 0.29) is 5.92 Å². The van der Waals surface area contributed by atoms with Crippen LogP contribution in [-0.2, 0) is 15.0 Å². The second-order valence-corrected chi connectivity index (χ2v) is 5.13. The number of carbonyl (C=O) groups excluding carboxylic acids is 1. The van der Waals surface area contributed by atoms with E-state index in [2.05, 4.69) is 4.72 Å². The SMILES string of the molecule is CCNS(=O)(=O)N1CCC(C=O)CC1. The van der Waals surface area contributed by atoms with E-state index in [1.807, 2.05) is 0 Å². The number of rotatable bonds is 4. The van der Waals surface area contributed by atoms with E-state index in [0.29, 0.717) is 32.5 Å². The first-order valence-corrected chi connectivity index (χ1v) is 6.24. The Bertz CT molecular complexity index is 281. The maximum absolute atomic E-state index is 11.5. The van der Waals surface area contributed by atoms with Gasteiger partial charge in [-0.25, -0.2) is 4.72 Å². The molecule has 1 aliphatic heterocycles. The maximum Gasteiger partial charge on any atom is 0.279 e. The van der Waals surface area contributed by atoms with Gasteiger partial charge in [0.2, 0.25) is 0 Å². The fourth-order valence-corrected chi connectivity index (χ4v) is 2.76. The van der Waals surface area contributed by atoms with Crippen LogP contribution >= 0.6 is 0 Å². The number of aldehydes is 1. The highest BCUT2D eigenvalue weighted by Gasteiger charge is 2.26. The Labute approximate surface area is 84.7 Å². The van der Waals surface area contributed by atoms with Crippen molar-refractivity contribution in [1.82, 2.24) is 9.03 Å². The molecule has 0 aromatic heterocycles. The molecule has 0 aromatic rings. The average Bonchev–Trinajstić information content (AvgIpc) is 2.18. The molecule has 1 saturated heterocycles. The van der Waals surface area contributed by atoms with Crippen molar-refractivity contribution in [3.8, 4) is 0 Å². The van der Waals surface area contributed by atoms with Crippen LogP contribution in [0.4, 0.5) is 0 Å². The summed E-state index contributed by atoms with van der Waals surface area (Å²) in [4.78, 5) is 10.5. The van der Waals surface area contributed by atoms with Crippen LogP contribution in [0.25, 0.3) is 0 Å². The number of nitrogens with zero attached hydrogens (tertiary/aromatic N) is 1. The maximum atomic E-state index is 11.5. The fraction of sp³-hybridized carbons (Fsp3) is 0.875. The van der Waals surface area contributed by atoms with Crippen molar-refractivity contribution in [2.24, 2.45) is 5.92 Å². The van der Waals surface area contributed by atoms with Crippen LogP contribution in [0.1, 0.15) is 19.8 Å². The lowest BCUT2D eigenvalue weighted by atomic mass is 10.0. The zero-order valence-corrected chi connectivity index (χ0v) is 9.09. The van der Waals surface area contributed by atoms with E-state index in [9.17, 15) is 13.2 Å². The molecule has 82 valence electrons. The van der Waals surface area contributed by atoms with Crippen LogP contribution in [0.15, 0.2) is 0 Å². The van der Waals surface area contributed by atoms with Crippen molar-refractivity contribution >= 4 is 16.5 Å². The minimum Gasteiger partial charge on any atom is -0.303 e. The second kappa shape index (κ2) is 4.86. The highest BCUT2D eigenvalue weighted by Crippen LogP contribution is 2.16. The van der Waals surface area contributed by atoms with Gasteiger partial charge in [0.05, 0.1) is 0 Å². The van der Waals surface area contributed by atoms with Gasteiger partial charge >= 0.3 is 0 Å². The molecule has 0 saturated carbocycles. The number of piperidine rings is 1. The first-order valence-electron chi connectivity index (χ1n) is 4.80. The molecule has 0 spiro atoms. The van der Waals surface area contributed by atoms with E-state index >= 15 is 0 Å². The zero-order chi connectivity index (χ0) is 10.6. The van der Waals surface area contributed by atoms with Crippen molar-refractivity contribution < 1.29 is 13.2 Å². The molecular weight excluding hydrogens is 204 g/mol. The molecule has 0 radical (unpaired) electrons. The molecule has 1 heterocycles. The molecule has 5 nitrogen and oxygen atoms in total. The first kappa shape index (κ1) is 11.6. The Morgan fingerprint density at radius 3 is 2.43 bits per heavy atom. The van der Waals surface area contributed by atoms with Crippen LogP contribution in [0, 0.1) is 5.92 Å². The van der Waals surface area contributed by atoms with Gasteiger partial charge in [0, 0.05) is 25.6 Å². The molecule has 0 amide bonds. The molecule has 14 heavy (non-hydrogen) atoms. The van der Waals surface area contributed by atoms with Crippen molar-refractivity contribution in [2.75, 3.05) is 19.6 Å². The second-order valence-electron chi connectivity index (χ2n) is 3.38. The summed E-state index contributed by atoms with van der Waals surface area (Å²) >= 11 is 0. The minimum atomic E-state index is -3.30. The molecule has 0 aromatic carbocycles. The lowest BCUT2D eigenvalue weighted by molar-refractivity contribution is -0.112. The van der Waals surface area contributed by atoms with Crippen LogP contribution in [0.5, 0.6) is 0 Å². The van der Waals surface area contributed by atoms with Crippen molar-refractivity contribution in [3.05, 3.63) is 0 Å². The third-order valence-corrected chi connectivity index (χ3v) is 4.06. The third kappa shape index (κ3) is 2.76. The predicted octanol–water partition coefficient (Wildman–Crippen LogP) is -0.248. The molecule has 0 aliphatic carbocycles. The zero-order valence-electron chi connectivity index (χ0n) is 8.27. The van der Waals surface area contributed by atoms with Crippen LogP contribution in [0.2, 0.25) is 0 Å². The summed E-state index contributed by atoms with van der Waals surface area (Å²) in [6.45, 7) is 3.03. The number of carbonyl (C=O) groups is 1. The van der Waals surface area contributed by atoms with E-state index in [1.54, 1.807) is 6.92 Å². The third-order valence-electron chi connectivity index (χ3n) is 2.36. The largest absolute Gasteiger partial charge is 0.303 e. The van der Waals surface area contributed by atoms with Gasteiger partial charge in [-0.3, -0.25) is 0 Å². The predicted molar refractivity (Wildman–Crippen MR) is 53.0 cm³/mol. The fourth-order valence-electron chi connectivity index (χ4n) is 1.53. The van der Waals surface area contributed by atoms with Gasteiger partial charge in [0.1, 0.15) is 6.29 Å². The monoisotopic (exact) mass is 220 g/mol. The van der Waals surface area contributed by atoms with Gasteiger partial charge in [0.25, 0.3) is 10.2 Å². The van der Waals surface area contributed by atoms with Gasteiger partial charge in [-0.1, -0.05) is 6.92 Å². The molecule has 0 atom stereocenters. The molecule has 6 heteroatoms. The summed E-state index contributed by atoms with van der Waals surface area (Å²) in [5, 5.41) is 0. The van der Waals surface area contributed by atoms with E-state index < -0.39 is 10.2 Å². The molecule has 0 unspecified atom stereocenters. The highest BCUT2D eigenvalue weighted by molar-refractivity contribution is 7.87. The average molecular weight is 220 g/mol. The standard InChI is InChI=1S/C8H16N2O3S/c1-2-9-14(12,13)10-5-3-8(7-11)4-6-10/h7-9H,2-6H2,1H3. The van der Waals surface area contributed by atoms with Gasteiger partial charge < -0.3 is 4.79 Å². The van der Waals surface area contributed by atoms with Crippen molar-refractivity contribution in [2.45, 2.75) is 19.8 Å². The summed E-state index contributed by atoms with van der Waals surface area (Å²) < 4.78 is 26.8. The van der Waals surface area contributed by atoms with Gasteiger partial charge in [-0.05, 0) is 12.8 Å². The van der Waals surface area contributed by atoms with Crippen LogP contribution < -0.4 is 4.72 Å². The lowest BCUT2D eigenvalue weighted by Crippen LogP contribution is -2.45. The quantitative estimate of drug-likeness (QED) is 0.664. The first-order chi connectivity index (χ1) is 6.60. The normalized spacial score (nSPS) is 20.9.